The second-order valence-electron chi connectivity index (χ2n) is 4.98. The molecule has 0 aliphatic rings. The van der Waals surface area contributed by atoms with E-state index in [-0.39, 0.29) is 24.6 Å². The highest BCUT2D eigenvalue weighted by atomic mass is 19.1. The normalized spacial score (nSPS) is 11.7. The lowest BCUT2D eigenvalue weighted by Crippen LogP contribution is -2.29. The van der Waals surface area contributed by atoms with Gasteiger partial charge in [0.15, 0.2) is 0 Å². The molecule has 7 heteroatoms. The Bertz CT molecular complexity index is 703. The van der Waals surface area contributed by atoms with Gasteiger partial charge in [-0.25, -0.2) is 4.39 Å². The molecule has 2 aromatic rings. The number of hydrogen-bond donors (Lipinski definition) is 2. The fourth-order valence-electron chi connectivity index (χ4n) is 2.04. The Labute approximate surface area is 131 Å². The number of rotatable bonds is 6. The van der Waals surface area contributed by atoms with E-state index >= 15 is 0 Å². The Morgan fingerprint density at radius 2 is 1.96 bits per heavy atom. The SMILES string of the molecule is O=C(Cc1cccc(F)c1)NC[C@@H](O)c1ccc([N+](=O)[O-])cc1. The van der Waals surface area contributed by atoms with Crippen LogP contribution in [0.5, 0.6) is 0 Å². The molecule has 2 rings (SSSR count). The Balaban J connectivity index is 1.87. The van der Waals surface area contributed by atoms with E-state index < -0.39 is 16.8 Å². The van der Waals surface area contributed by atoms with Crippen LogP contribution < -0.4 is 5.32 Å². The standard InChI is InChI=1S/C16H15FN2O4/c17-13-3-1-2-11(8-13)9-16(21)18-10-15(20)12-4-6-14(7-5-12)19(22)23/h1-8,15,20H,9-10H2,(H,18,21)/t15-/m1/s1. The van der Waals surface area contributed by atoms with E-state index in [0.717, 1.165) is 0 Å². The van der Waals surface area contributed by atoms with E-state index in [9.17, 15) is 24.4 Å². The Hall–Kier alpha value is -2.80. The molecule has 0 heterocycles. The number of benzene rings is 2. The van der Waals surface area contributed by atoms with Crippen LogP contribution in [0.1, 0.15) is 17.2 Å². The summed E-state index contributed by atoms with van der Waals surface area (Å²) < 4.78 is 13.0. The van der Waals surface area contributed by atoms with Crippen molar-refractivity contribution < 1.29 is 19.2 Å². The van der Waals surface area contributed by atoms with Gasteiger partial charge in [-0.05, 0) is 35.4 Å². The van der Waals surface area contributed by atoms with Crippen LogP contribution in [-0.4, -0.2) is 22.5 Å². The number of aliphatic hydroxyl groups excluding tert-OH is 1. The molecule has 23 heavy (non-hydrogen) atoms. The molecule has 0 aromatic heterocycles. The summed E-state index contributed by atoms with van der Waals surface area (Å²) in [6, 6.07) is 11.1. The number of nitro groups is 1. The maximum Gasteiger partial charge on any atom is 0.269 e. The molecule has 0 saturated carbocycles. The Morgan fingerprint density at radius 1 is 1.26 bits per heavy atom. The summed E-state index contributed by atoms with van der Waals surface area (Å²) in [6.07, 6.45) is -0.975. The summed E-state index contributed by atoms with van der Waals surface area (Å²) >= 11 is 0. The number of amides is 1. The van der Waals surface area contributed by atoms with E-state index in [1.165, 1.54) is 42.5 Å². The Kier molecular flexibility index (Phi) is 5.37. The lowest BCUT2D eigenvalue weighted by molar-refractivity contribution is -0.384. The largest absolute Gasteiger partial charge is 0.387 e. The molecule has 2 N–H and O–H groups in total. The van der Waals surface area contributed by atoms with E-state index in [2.05, 4.69) is 5.32 Å². The molecular weight excluding hydrogens is 303 g/mol. The van der Waals surface area contributed by atoms with E-state index in [1.54, 1.807) is 6.07 Å². The van der Waals surface area contributed by atoms with E-state index in [4.69, 9.17) is 0 Å². The predicted molar refractivity (Wildman–Crippen MR) is 81.2 cm³/mol. The van der Waals surface area contributed by atoms with Gasteiger partial charge in [-0.15, -0.1) is 0 Å². The fraction of sp³-hybridized carbons (Fsp3) is 0.188. The first-order valence-corrected chi connectivity index (χ1v) is 6.89. The highest BCUT2D eigenvalue weighted by molar-refractivity contribution is 5.78. The molecular formula is C16H15FN2O4. The maximum atomic E-state index is 13.0. The number of nitrogens with one attached hydrogen (secondary N) is 1. The molecule has 120 valence electrons. The molecule has 0 bridgehead atoms. The molecule has 0 unspecified atom stereocenters. The number of nitrogens with zero attached hydrogens (tertiary/aromatic N) is 1. The number of carbonyl (C=O) groups excluding carboxylic acids is 1. The molecule has 0 spiro atoms. The van der Waals surface area contributed by atoms with Gasteiger partial charge >= 0.3 is 0 Å². The minimum Gasteiger partial charge on any atom is -0.387 e. The van der Waals surface area contributed by atoms with Crippen molar-refractivity contribution in [1.29, 1.82) is 0 Å². The summed E-state index contributed by atoms with van der Waals surface area (Å²) in [5.74, 6) is -0.766. The molecule has 2 aromatic carbocycles. The van der Waals surface area contributed by atoms with Gasteiger partial charge in [0.1, 0.15) is 5.82 Å². The smallest absolute Gasteiger partial charge is 0.269 e. The first kappa shape index (κ1) is 16.6. The second kappa shape index (κ2) is 7.46. The van der Waals surface area contributed by atoms with Crippen molar-refractivity contribution in [2.45, 2.75) is 12.5 Å². The topological polar surface area (TPSA) is 92.5 Å². The fourth-order valence-corrected chi connectivity index (χ4v) is 2.04. The number of nitro benzene ring substituents is 1. The van der Waals surface area contributed by atoms with Gasteiger partial charge in [0.25, 0.3) is 5.69 Å². The molecule has 6 nitrogen and oxygen atoms in total. The van der Waals surface area contributed by atoms with E-state index in [0.29, 0.717) is 11.1 Å². The maximum absolute atomic E-state index is 13.0. The third-order valence-electron chi connectivity index (χ3n) is 3.23. The zero-order valence-corrected chi connectivity index (χ0v) is 12.1. The van der Waals surface area contributed by atoms with Crippen LogP contribution in [-0.2, 0) is 11.2 Å². The highest BCUT2D eigenvalue weighted by Gasteiger charge is 2.12. The summed E-state index contributed by atoms with van der Waals surface area (Å²) in [5, 5.41) is 23.1. The van der Waals surface area contributed by atoms with Crippen LogP contribution in [0.15, 0.2) is 48.5 Å². The van der Waals surface area contributed by atoms with Crippen molar-refractivity contribution in [3.63, 3.8) is 0 Å². The van der Waals surface area contributed by atoms with Crippen LogP contribution in [0.25, 0.3) is 0 Å². The van der Waals surface area contributed by atoms with Crippen molar-refractivity contribution in [2.24, 2.45) is 0 Å². The molecule has 0 saturated heterocycles. The predicted octanol–water partition coefficient (Wildman–Crippen LogP) is 2.13. The molecule has 0 aliphatic carbocycles. The Morgan fingerprint density at radius 3 is 2.57 bits per heavy atom. The average Bonchev–Trinajstić information content (AvgIpc) is 2.52. The lowest BCUT2D eigenvalue weighted by atomic mass is 10.1. The summed E-state index contributed by atoms with van der Waals surface area (Å²) in [5.41, 5.74) is 0.921. The minimum absolute atomic E-state index is 0.00470. The van der Waals surface area contributed by atoms with Crippen molar-refractivity contribution in [3.05, 3.63) is 75.6 Å². The third-order valence-corrected chi connectivity index (χ3v) is 3.23. The molecule has 0 aliphatic heterocycles. The quantitative estimate of drug-likeness (QED) is 0.630. The van der Waals surface area contributed by atoms with Gasteiger partial charge in [0.2, 0.25) is 5.91 Å². The van der Waals surface area contributed by atoms with Crippen molar-refractivity contribution >= 4 is 11.6 Å². The van der Waals surface area contributed by atoms with Crippen LogP contribution >= 0.6 is 0 Å². The first-order chi connectivity index (χ1) is 11.0. The van der Waals surface area contributed by atoms with Gasteiger partial charge in [-0.2, -0.15) is 0 Å². The van der Waals surface area contributed by atoms with Crippen molar-refractivity contribution in [3.8, 4) is 0 Å². The van der Waals surface area contributed by atoms with Gasteiger partial charge in [-0.3, -0.25) is 14.9 Å². The summed E-state index contributed by atoms with van der Waals surface area (Å²) in [6.45, 7) is -0.0358. The van der Waals surface area contributed by atoms with E-state index in [1.807, 2.05) is 0 Å². The molecule has 0 fully saturated rings. The monoisotopic (exact) mass is 318 g/mol. The molecule has 0 radical (unpaired) electrons. The van der Waals surface area contributed by atoms with Gasteiger partial charge in [-0.1, -0.05) is 12.1 Å². The first-order valence-electron chi connectivity index (χ1n) is 6.89. The minimum atomic E-state index is -0.979. The number of aliphatic hydroxyl groups is 1. The third kappa shape index (κ3) is 4.86. The van der Waals surface area contributed by atoms with Gasteiger partial charge in [0.05, 0.1) is 17.4 Å². The summed E-state index contributed by atoms with van der Waals surface area (Å²) in [7, 11) is 0. The number of halogens is 1. The lowest BCUT2D eigenvalue weighted by Gasteiger charge is -2.12. The van der Waals surface area contributed by atoms with Crippen LogP contribution in [0.4, 0.5) is 10.1 Å². The van der Waals surface area contributed by atoms with Crippen LogP contribution in [0.2, 0.25) is 0 Å². The van der Waals surface area contributed by atoms with Crippen LogP contribution in [0.3, 0.4) is 0 Å². The number of carbonyl (C=O) groups is 1. The van der Waals surface area contributed by atoms with Crippen molar-refractivity contribution in [2.75, 3.05) is 6.54 Å². The zero-order chi connectivity index (χ0) is 16.8. The summed E-state index contributed by atoms with van der Waals surface area (Å²) in [4.78, 5) is 21.8. The van der Waals surface area contributed by atoms with Gasteiger partial charge in [0, 0.05) is 18.7 Å². The van der Waals surface area contributed by atoms with Gasteiger partial charge < -0.3 is 10.4 Å². The average molecular weight is 318 g/mol. The van der Waals surface area contributed by atoms with Crippen LogP contribution in [0, 0.1) is 15.9 Å². The molecule has 1 atom stereocenters. The zero-order valence-electron chi connectivity index (χ0n) is 12.1. The highest BCUT2D eigenvalue weighted by Crippen LogP contribution is 2.17. The number of non-ortho nitro benzene ring substituents is 1. The second-order valence-corrected chi connectivity index (χ2v) is 4.98. The molecule has 1 amide bonds. The van der Waals surface area contributed by atoms with Crippen molar-refractivity contribution in [1.82, 2.24) is 5.32 Å². The number of hydrogen-bond acceptors (Lipinski definition) is 4.